The van der Waals surface area contributed by atoms with Gasteiger partial charge in [-0.1, -0.05) is 20.8 Å². The molecule has 0 radical (unpaired) electrons. The third-order valence-electron chi connectivity index (χ3n) is 2.97. The van der Waals surface area contributed by atoms with Crippen LogP contribution in [-0.2, 0) is 4.79 Å². The van der Waals surface area contributed by atoms with E-state index in [4.69, 9.17) is 0 Å². The molecule has 1 amide bonds. The molecule has 1 N–H and O–H groups in total. The molecule has 1 atom stereocenters. The van der Waals surface area contributed by atoms with Crippen molar-refractivity contribution in [3.63, 3.8) is 0 Å². The first-order valence-corrected chi connectivity index (χ1v) is 5.25. The number of nitrogens with one attached hydrogen (secondary N) is 1. The van der Waals surface area contributed by atoms with Gasteiger partial charge in [0.15, 0.2) is 0 Å². The normalized spacial score (nSPS) is 23.4. The summed E-state index contributed by atoms with van der Waals surface area (Å²) in [6, 6.07) is 0.330. The summed E-state index contributed by atoms with van der Waals surface area (Å²) in [5, 5.41) is 3.03. The molecular formula is C11H21NO. The van der Waals surface area contributed by atoms with E-state index < -0.39 is 0 Å². The van der Waals surface area contributed by atoms with Gasteiger partial charge < -0.3 is 5.32 Å². The van der Waals surface area contributed by atoms with Crippen molar-refractivity contribution in [3.8, 4) is 0 Å². The highest BCUT2D eigenvalue weighted by atomic mass is 16.2. The second-order valence-electron chi connectivity index (χ2n) is 5.09. The highest BCUT2D eigenvalue weighted by molar-refractivity contribution is 5.80. The molecule has 0 heterocycles. The molecular weight excluding hydrogens is 162 g/mol. The van der Waals surface area contributed by atoms with Gasteiger partial charge in [0.25, 0.3) is 0 Å². The van der Waals surface area contributed by atoms with Crippen LogP contribution in [0.2, 0.25) is 0 Å². The van der Waals surface area contributed by atoms with Crippen molar-refractivity contribution < 1.29 is 4.79 Å². The molecule has 1 unspecified atom stereocenters. The zero-order valence-electron chi connectivity index (χ0n) is 9.18. The van der Waals surface area contributed by atoms with Gasteiger partial charge in [-0.05, 0) is 31.6 Å². The predicted molar refractivity (Wildman–Crippen MR) is 54.4 cm³/mol. The van der Waals surface area contributed by atoms with E-state index in [1.54, 1.807) is 0 Å². The van der Waals surface area contributed by atoms with Crippen molar-refractivity contribution in [1.82, 2.24) is 5.32 Å². The van der Waals surface area contributed by atoms with Crippen molar-refractivity contribution in [2.24, 2.45) is 11.3 Å². The standard InChI is InChI=1S/C11H21NO/c1-5-8(2)12-10(13)9-6-11(3,4)7-9/h8-9H,5-7H2,1-4H3,(H,12,13). The first kappa shape index (κ1) is 10.6. The fourth-order valence-corrected chi connectivity index (χ4v) is 1.92. The van der Waals surface area contributed by atoms with Crippen molar-refractivity contribution >= 4 is 5.91 Å². The Morgan fingerprint density at radius 1 is 1.54 bits per heavy atom. The lowest BCUT2D eigenvalue weighted by molar-refractivity contribution is -0.132. The smallest absolute Gasteiger partial charge is 0.223 e. The molecule has 0 aromatic carbocycles. The van der Waals surface area contributed by atoms with Crippen LogP contribution in [0.1, 0.15) is 47.0 Å². The van der Waals surface area contributed by atoms with Gasteiger partial charge in [-0.25, -0.2) is 0 Å². The Balaban J connectivity index is 2.27. The fraction of sp³-hybridized carbons (Fsp3) is 0.909. The van der Waals surface area contributed by atoms with Gasteiger partial charge in [-0.15, -0.1) is 0 Å². The van der Waals surface area contributed by atoms with E-state index >= 15 is 0 Å². The van der Waals surface area contributed by atoms with Crippen molar-refractivity contribution in [2.75, 3.05) is 0 Å². The maximum atomic E-state index is 11.6. The maximum Gasteiger partial charge on any atom is 0.223 e. The van der Waals surface area contributed by atoms with E-state index in [0.717, 1.165) is 19.3 Å². The minimum Gasteiger partial charge on any atom is -0.353 e. The van der Waals surface area contributed by atoms with Crippen LogP contribution in [0.4, 0.5) is 0 Å². The van der Waals surface area contributed by atoms with Gasteiger partial charge >= 0.3 is 0 Å². The third kappa shape index (κ3) is 2.71. The highest BCUT2D eigenvalue weighted by Gasteiger charge is 2.40. The predicted octanol–water partition coefficient (Wildman–Crippen LogP) is 2.34. The topological polar surface area (TPSA) is 29.1 Å². The van der Waals surface area contributed by atoms with Crippen molar-refractivity contribution in [3.05, 3.63) is 0 Å². The lowest BCUT2D eigenvalue weighted by Gasteiger charge is -2.41. The maximum absolute atomic E-state index is 11.6. The Morgan fingerprint density at radius 3 is 2.46 bits per heavy atom. The second kappa shape index (κ2) is 3.69. The Labute approximate surface area is 81.1 Å². The van der Waals surface area contributed by atoms with E-state index in [2.05, 4.69) is 33.0 Å². The molecule has 1 aliphatic rings. The molecule has 0 bridgehead atoms. The van der Waals surface area contributed by atoms with E-state index in [1.807, 2.05) is 0 Å². The van der Waals surface area contributed by atoms with Gasteiger partial charge in [0.05, 0.1) is 0 Å². The van der Waals surface area contributed by atoms with Crippen LogP contribution >= 0.6 is 0 Å². The molecule has 0 saturated heterocycles. The molecule has 1 fully saturated rings. The van der Waals surface area contributed by atoms with Crippen LogP contribution in [0, 0.1) is 11.3 Å². The quantitative estimate of drug-likeness (QED) is 0.715. The first-order chi connectivity index (χ1) is 5.94. The van der Waals surface area contributed by atoms with E-state index in [9.17, 15) is 4.79 Å². The SMILES string of the molecule is CCC(C)NC(=O)C1CC(C)(C)C1. The van der Waals surface area contributed by atoms with E-state index in [-0.39, 0.29) is 11.8 Å². The molecule has 76 valence electrons. The fourth-order valence-electron chi connectivity index (χ4n) is 1.92. The minimum absolute atomic E-state index is 0.258. The Bertz CT molecular complexity index is 190. The number of amides is 1. The summed E-state index contributed by atoms with van der Waals surface area (Å²) < 4.78 is 0. The molecule has 0 spiro atoms. The van der Waals surface area contributed by atoms with Crippen LogP contribution < -0.4 is 5.32 Å². The van der Waals surface area contributed by atoms with Crippen LogP contribution in [0.3, 0.4) is 0 Å². The summed E-state index contributed by atoms with van der Waals surface area (Å²) in [6.45, 7) is 8.59. The van der Waals surface area contributed by atoms with E-state index in [0.29, 0.717) is 11.5 Å². The largest absolute Gasteiger partial charge is 0.353 e. The monoisotopic (exact) mass is 183 g/mol. The van der Waals surface area contributed by atoms with Gasteiger partial charge in [0.2, 0.25) is 5.91 Å². The van der Waals surface area contributed by atoms with Crippen molar-refractivity contribution in [1.29, 1.82) is 0 Å². The number of carbonyl (C=O) groups is 1. The summed E-state index contributed by atoms with van der Waals surface area (Å²) in [5.41, 5.74) is 0.400. The number of rotatable bonds is 3. The highest BCUT2D eigenvalue weighted by Crippen LogP contribution is 2.44. The molecule has 2 heteroatoms. The Kier molecular flexibility index (Phi) is 2.99. The van der Waals surface area contributed by atoms with Gasteiger partial charge in [0.1, 0.15) is 0 Å². The van der Waals surface area contributed by atoms with Gasteiger partial charge in [-0.3, -0.25) is 4.79 Å². The molecule has 1 saturated carbocycles. The Hall–Kier alpha value is -0.530. The number of hydrogen-bond donors (Lipinski definition) is 1. The molecule has 1 rings (SSSR count). The van der Waals surface area contributed by atoms with Crippen LogP contribution in [0.5, 0.6) is 0 Å². The summed E-state index contributed by atoms with van der Waals surface area (Å²) in [7, 11) is 0. The molecule has 2 nitrogen and oxygen atoms in total. The van der Waals surface area contributed by atoms with Crippen LogP contribution in [0.25, 0.3) is 0 Å². The molecule has 1 aliphatic carbocycles. The summed E-state index contributed by atoms with van der Waals surface area (Å²) in [5.74, 6) is 0.540. The lowest BCUT2D eigenvalue weighted by Crippen LogP contribution is -2.45. The third-order valence-corrected chi connectivity index (χ3v) is 2.97. The molecule has 0 aliphatic heterocycles. The summed E-state index contributed by atoms with van der Waals surface area (Å²) >= 11 is 0. The van der Waals surface area contributed by atoms with Crippen molar-refractivity contribution in [2.45, 2.75) is 53.0 Å². The van der Waals surface area contributed by atoms with E-state index in [1.165, 1.54) is 0 Å². The number of hydrogen-bond acceptors (Lipinski definition) is 1. The summed E-state index contributed by atoms with van der Waals surface area (Å²) in [6.07, 6.45) is 3.12. The molecule has 13 heavy (non-hydrogen) atoms. The first-order valence-electron chi connectivity index (χ1n) is 5.25. The van der Waals surface area contributed by atoms with Gasteiger partial charge in [-0.2, -0.15) is 0 Å². The number of carbonyl (C=O) groups excluding carboxylic acids is 1. The second-order valence-corrected chi connectivity index (χ2v) is 5.09. The zero-order chi connectivity index (χ0) is 10.1. The van der Waals surface area contributed by atoms with Crippen LogP contribution in [-0.4, -0.2) is 11.9 Å². The average Bonchev–Trinajstić information content (AvgIpc) is 1.99. The molecule has 0 aromatic rings. The zero-order valence-corrected chi connectivity index (χ0v) is 9.18. The Morgan fingerprint density at radius 2 is 2.08 bits per heavy atom. The minimum atomic E-state index is 0.258. The lowest BCUT2D eigenvalue weighted by atomic mass is 9.64. The summed E-state index contributed by atoms with van der Waals surface area (Å²) in [4.78, 5) is 11.6. The van der Waals surface area contributed by atoms with Crippen LogP contribution in [0.15, 0.2) is 0 Å². The van der Waals surface area contributed by atoms with Gasteiger partial charge in [0, 0.05) is 12.0 Å². The average molecular weight is 183 g/mol. The molecule has 0 aromatic heterocycles.